The number of anilines is 1. The normalized spacial score (nSPS) is 10.7. The summed E-state index contributed by atoms with van der Waals surface area (Å²) in [6.45, 7) is 5.40. The second-order valence-electron chi connectivity index (χ2n) is 4.89. The number of rotatable bonds is 5. The van der Waals surface area contributed by atoms with Crippen molar-refractivity contribution in [1.29, 1.82) is 0 Å². The summed E-state index contributed by atoms with van der Waals surface area (Å²) in [4.78, 5) is 6.63. The van der Waals surface area contributed by atoms with Crippen LogP contribution in [0.15, 0.2) is 28.8 Å². The van der Waals surface area contributed by atoms with Gasteiger partial charge in [0.15, 0.2) is 0 Å². The van der Waals surface area contributed by atoms with E-state index in [4.69, 9.17) is 10.2 Å². The first-order valence-corrected chi connectivity index (χ1v) is 6.52. The summed E-state index contributed by atoms with van der Waals surface area (Å²) in [5, 5.41) is 0. The maximum Gasteiger partial charge on any atom is 0.131 e. The number of nitrogens with two attached hydrogens (primary N) is 1. The third-order valence-corrected chi connectivity index (χ3v) is 3.09. The van der Waals surface area contributed by atoms with Gasteiger partial charge in [-0.05, 0) is 50.1 Å². The molecule has 0 aliphatic carbocycles. The van der Waals surface area contributed by atoms with Crippen LogP contribution in [0.5, 0.6) is 0 Å². The molecule has 4 nitrogen and oxygen atoms in total. The van der Waals surface area contributed by atoms with E-state index in [-0.39, 0.29) is 0 Å². The molecule has 0 fully saturated rings. The molecule has 0 bridgehead atoms. The molecular weight excluding hydrogens is 238 g/mol. The summed E-state index contributed by atoms with van der Waals surface area (Å²) in [7, 11) is 2.02. The summed E-state index contributed by atoms with van der Waals surface area (Å²) >= 11 is 0. The maximum absolute atomic E-state index is 5.59. The Labute approximate surface area is 114 Å². The molecule has 0 aromatic carbocycles. The first-order valence-electron chi connectivity index (χ1n) is 6.52. The summed E-state index contributed by atoms with van der Waals surface area (Å²) in [6.07, 6.45) is 2.77. The van der Waals surface area contributed by atoms with Gasteiger partial charge in [-0.1, -0.05) is 6.07 Å². The van der Waals surface area contributed by atoms with Crippen molar-refractivity contribution < 1.29 is 4.42 Å². The Morgan fingerprint density at radius 3 is 2.68 bits per heavy atom. The fourth-order valence-corrected chi connectivity index (χ4v) is 2.21. The molecule has 0 unspecified atom stereocenters. The van der Waals surface area contributed by atoms with Gasteiger partial charge >= 0.3 is 0 Å². The lowest BCUT2D eigenvalue weighted by molar-refractivity contribution is 0.481. The number of hydrogen-bond acceptors (Lipinski definition) is 4. The van der Waals surface area contributed by atoms with Gasteiger partial charge in [-0.2, -0.15) is 0 Å². The van der Waals surface area contributed by atoms with Crippen molar-refractivity contribution in [2.24, 2.45) is 5.73 Å². The first-order chi connectivity index (χ1) is 9.10. The SMILES string of the molecule is Cc1ccc(CN(C)c2ncc(CCN)cc2C)o1. The van der Waals surface area contributed by atoms with Crippen LogP contribution < -0.4 is 10.6 Å². The van der Waals surface area contributed by atoms with Crippen molar-refractivity contribution in [3.8, 4) is 0 Å². The predicted octanol–water partition coefficient (Wildman–Crippen LogP) is 2.43. The molecule has 0 spiro atoms. The number of nitrogens with zero attached hydrogens (tertiary/aromatic N) is 2. The van der Waals surface area contributed by atoms with Gasteiger partial charge in [0.25, 0.3) is 0 Å². The Kier molecular flexibility index (Phi) is 4.22. The Bertz CT molecular complexity index is 548. The zero-order chi connectivity index (χ0) is 13.8. The average molecular weight is 259 g/mol. The summed E-state index contributed by atoms with van der Waals surface area (Å²) < 4.78 is 5.59. The van der Waals surface area contributed by atoms with Crippen molar-refractivity contribution >= 4 is 5.82 Å². The molecule has 2 aromatic heterocycles. The lowest BCUT2D eigenvalue weighted by Crippen LogP contribution is -2.18. The van der Waals surface area contributed by atoms with E-state index < -0.39 is 0 Å². The highest BCUT2D eigenvalue weighted by molar-refractivity contribution is 5.46. The van der Waals surface area contributed by atoms with E-state index in [1.54, 1.807) is 0 Å². The third kappa shape index (κ3) is 3.35. The monoisotopic (exact) mass is 259 g/mol. The highest BCUT2D eigenvalue weighted by Crippen LogP contribution is 2.19. The van der Waals surface area contributed by atoms with E-state index in [1.807, 2.05) is 32.3 Å². The van der Waals surface area contributed by atoms with Crippen LogP contribution in [-0.4, -0.2) is 18.6 Å². The van der Waals surface area contributed by atoms with Crippen molar-refractivity contribution in [2.75, 3.05) is 18.5 Å². The molecular formula is C15H21N3O. The van der Waals surface area contributed by atoms with Crippen molar-refractivity contribution in [3.05, 3.63) is 47.0 Å². The van der Waals surface area contributed by atoms with Crippen LogP contribution >= 0.6 is 0 Å². The quantitative estimate of drug-likeness (QED) is 0.896. The second kappa shape index (κ2) is 5.89. The topological polar surface area (TPSA) is 55.3 Å². The van der Waals surface area contributed by atoms with E-state index in [0.717, 1.165) is 35.9 Å². The van der Waals surface area contributed by atoms with Gasteiger partial charge in [-0.3, -0.25) is 0 Å². The minimum atomic E-state index is 0.655. The highest BCUT2D eigenvalue weighted by atomic mass is 16.3. The van der Waals surface area contributed by atoms with Crippen molar-refractivity contribution in [2.45, 2.75) is 26.8 Å². The summed E-state index contributed by atoms with van der Waals surface area (Å²) in [6, 6.07) is 6.14. The molecule has 0 saturated carbocycles. The lowest BCUT2D eigenvalue weighted by atomic mass is 10.1. The van der Waals surface area contributed by atoms with Crippen LogP contribution in [0.4, 0.5) is 5.82 Å². The van der Waals surface area contributed by atoms with Crippen molar-refractivity contribution in [1.82, 2.24) is 4.98 Å². The molecule has 2 aromatic rings. The van der Waals surface area contributed by atoms with Gasteiger partial charge < -0.3 is 15.1 Å². The standard InChI is InChI=1S/C15H21N3O/c1-11-8-13(6-7-16)9-17-15(11)18(3)10-14-5-4-12(2)19-14/h4-5,8-9H,6-7,10,16H2,1-3H3. The Hall–Kier alpha value is -1.81. The third-order valence-electron chi connectivity index (χ3n) is 3.09. The number of aryl methyl sites for hydroxylation is 2. The van der Waals surface area contributed by atoms with Crippen molar-refractivity contribution in [3.63, 3.8) is 0 Å². The minimum Gasteiger partial charge on any atom is -0.464 e. The number of furan rings is 1. The van der Waals surface area contributed by atoms with Gasteiger partial charge in [-0.15, -0.1) is 0 Å². The van der Waals surface area contributed by atoms with E-state index >= 15 is 0 Å². The molecule has 2 rings (SSSR count). The molecule has 102 valence electrons. The van der Waals surface area contributed by atoms with E-state index in [1.165, 1.54) is 5.56 Å². The molecule has 0 radical (unpaired) electrons. The minimum absolute atomic E-state index is 0.655. The number of aromatic nitrogens is 1. The Morgan fingerprint density at radius 1 is 1.32 bits per heavy atom. The molecule has 0 amide bonds. The first kappa shape index (κ1) is 13.6. The highest BCUT2D eigenvalue weighted by Gasteiger charge is 2.09. The molecule has 2 heterocycles. The van der Waals surface area contributed by atoms with E-state index in [9.17, 15) is 0 Å². The summed E-state index contributed by atoms with van der Waals surface area (Å²) in [5.41, 5.74) is 7.91. The zero-order valence-electron chi connectivity index (χ0n) is 11.8. The van der Waals surface area contributed by atoms with Crippen LogP contribution in [0.25, 0.3) is 0 Å². The van der Waals surface area contributed by atoms with Crippen LogP contribution in [0.1, 0.15) is 22.6 Å². The van der Waals surface area contributed by atoms with E-state index in [0.29, 0.717) is 6.54 Å². The largest absolute Gasteiger partial charge is 0.464 e. The predicted molar refractivity (Wildman–Crippen MR) is 77.3 cm³/mol. The van der Waals surface area contributed by atoms with Gasteiger partial charge in [0.05, 0.1) is 6.54 Å². The van der Waals surface area contributed by atoms with Crippen LogP contribution in [0.3, 0.4) is 0 Å². The molecule has 0 atom stereocenters. The fourth-order valence-electron chi connectivity index (χ4n) is 2.21. The van der Waals surface area contributed by atoms with Crippen LogP contribution in [0.2, 0.25) is 0 Å². The molecule has 2 N–H and O–H groups in total. The summed E-state index contributed by atoms with van der Waals surface area (Å²) in [5.74, 6) is 2.87. The lowest BCUT2D eigenvalue weighted by Gasteiger charge is -2.19. The smallest absolute Gasteiger partial charge is 0.131 e. The van der Waals surface area contributed by atoms with E-state index in [2.05, 4.69) is 22.9 Å². The maximum atomic E-state index is 5.59. The molecule has 0 saturated heterocycles. The number of pyridine rings is 1. The molecule has 19 heavy (non-hydrogen) atoms. The molecule has 0 aliphatic heterocycles. The Morgan fingerprint density at radius 2 is 2.11 bits per heavy atom. The van der Waals surface area contributed by atoms with Gasteiger partial charge in [-0.25, -0.2) is 4.98 Å². The Balaban J connectivity index is 2.12. The number of hydrogen-bond donors (Lipinski definition) is 1. The molecule has 0 aliphatic rings. The van der Waals surface area contributed by atoms with Gasteiger partial charge in [0.1, 0.15) is 17.3 Å². The van der Waals surface area contributed by atoms with Gasteiger partial charge in [0.2, 0.25) is 0 Å². The van der Waals surface area contributed by atoms with Crippen LogP contribution in [0, 0.1) is 13.8 Å². The van der Waals surface area contributed by atoms with Gasteiger partial charge in [0, 0.05) is 13.2 Å². The second-order valence-corrected chi connectivity index (χ2v) is 4.89. The fraction of sp³-hybridized carbons (Fsp3) is 0.400. The zero-order valence-corrected chi connectivity index (χ0v) is 11.8. The molecule has 4 heteroatoms. The average Bonchev–Trinajstić information content (AvgIpc) is 2.75. The van der Waals surface area contributed by atoms with Crippen LogP contribution in [-0.2, 0) is 13.0 Å².